The number of piperidine rings is 1. The first kappa shape index (κ1) is 22.0. The van der Waals surface area contributed by atoms with Crippen LogP contribution < -0.4 is 16.3 Å². The summed E-state index contributed by atoms with van der Waals surface area (Å²) in [5, 5.41) is 4.81. The first-order chi connectivity index (χ1) is 15.8. The van der Waals surface area contributed by atoms with Crippen LogP contribution in [0.2, 0.25) is 0 Å². The molecule has 10 nitrogen and oxygen atoms in total. The fraction of sp³-hybridized carbons (Fsp3) is 0.591. The molecule has 1 aromatic heterocycles. The number of likely N-dealkylation sites (tertiary alicyclic amines) is 1. The molecule has 3 aliphatic rings. The molecule has 3 atom stereocenters. The lowest BCUT2D eigenvalue weighted by Gasteiger charge is -2.32. The zero-order valence-corrected chi connectivity index (χ0v) is 19.1. The van der Waals surface area contributed by atoms with Crippen molar-refractivity contribution in [1.29, 1.82) is 0 Å². The van der Waals surface area contributed by atoms with Crippen molar-refractivity contribution in [2.24, 2.45) is 0 Å². The second-order valence-corrected chi connectivity index (χ2v) is 11.6. The van der Waals surface area contributed by atoms with E-state index in [1.165, 1.54) is 0 Å². The maximum Gasteiger partial charge on any atom is 0.326 e. The topological polar surface area (TPSA) is 133 Å². The van der Waals surface area contributed by atoms with E-state index in [-0.39, 0.29) is 41.5 Å². The Kier molecular flexibility index (Phi) is 5.67. The quantitative estimate of drug-likeness (QED) is 0.422. The molecular weight excluding hydrogens is 446 g/mol. The molecule has 11 heteroatoms. The number of fused-ring (bicyclic) bond motifs is 2. The smallest absolute Gasteiger partial charge is 0.326 e. The van der Waals surface area contributed by atoms with Gasteiger partial charge >= 0.3 is 11.7 Å². The maximum absolute atomic E-state index is 12.7. The standard InChI is InChI=1S/C22H29N5O5S/c28-19(8-4-3-7-18-20-16(13-33(18,31)32)23-21(29)25-20)26-11-9-14(10-12-26)27-17-6-2-1-5-15(17)24-22(27)30/h1-2,5-6,14,16,18,20H,3-4,7-13H2,(H,24,30)(H2,23,25,29). The highest BCUT2D eigenvalue weighted by Crippen LogP contribution is 2.29. The van der Waals surface area contributed by atoms with E-state index >= 15 is 0 Å². The molecule has 5 rings (SSSR count). The number of rotatable bonds is 6. The minimum absolute atomic E-state index is 0.0194. The van der Waals surface area contributed by atoms with E-state index < -0.39 is 15.1 Å². The van der Waals surface area contributed by atoms with Gasteiger partial charge in [-0.15, -0.1) is 0 Å². The number of carbonyl (C=O) groups excluding carboxylic acids is 2. The second-order valence-electron chi connectivity index (χ2n) is 9.29. The van der Waals surface area contributed by atoms with Gasteiger partial charge in [0, 0.05) is 25.6 Å². The lowest BCUT2D eigenvalue weighted by atomic mass is 10.0. The molecule has 33 heavy (non-hydrogen) atoms. The summed E-state index contributed by atoms with van der Waals surface area (Å²) in [7, 11) is -3.24. The van der Waals surface area contributed by atoms with Crippen LogP contribution in [0.25, 0.3) is 11.0 Å². The lowest BCUT2D eigenvalue weighted by Crippen LogP contribution is -2.40. The summed E-state index contributed by atoms with van der Waals surface area (Å²) in [6, 6.07) is 6.67. The lowest BCUT2D eigenvalue weighted by molar-refractivity contribution is -0.132. The Hall–Kier alpha value is -2.82. The maximum atomic E-state index is 12.7. The van der Waals surface area contributed by atoms with Crippen LogP contribution >= 0.6 is 0 Å². The number of nitrogens with zero attached hydrogens (tertiary/aromatic N) is 2. The van der Waals surface area contributed by atoms with E-state index in [0.717, 1.165) is 23.9 Å². The highest BCUT2D eigenvalue weighted by atomic mass is 32.2. The van der Waals surface area contributed by atoms with Crippen molar-refractivity contribution < 1.29 is 18.0 Å². The zero-order valence-electron chi connectivity index (χ0n) is 18.3. The molecule has 3 aliphatic heterocycles. The number of aromatic nitrogens is 2. The van der Waals surface area contributed by atoms with Gasteiger partial charge in [0.25, 0.3) is 0 Å². The summed E-state index contributed by atoms with van der Waals surface area (Å²) in [4.78, 5) is 41.4. The van der Waals surface area contributed by atoms with E-state index in [4.69, 9.17) is 0 Å². The SMILES string of the molecule is O=C1NC2CS(=O)(=O)C(CCCCC(=O)N3CCC(n4c(=O)[nH]c5ccccc54)CC3)C2N1. The van der Waals surface area contributed by atoms with E-state index in [1.807, 2.05) is 33.7 Å². The molecular formula is C22H29N5O5S. The van der Waals surface area contributed by atoms with Crippen molar-refractivity contribution in [2.45, 2.75) is 61.9 Å². The van der Waals surface area contributed by atoms with Gasteiger partial charge in [-0.3, -0.25) is 9.36 Å². The van der Waals surface area contributed by atoms with Gasteiger partial charge in [0.15, 0.2) is 9.84 Å². The Morgan fingerprint density at radius 1 is 1.06 bits per heavy atom. The molecule has 3 unspecified atom stereocenters. The third-order valence-electron chi connectivity index (χ3n) is 7.26. The number of unbranched alkanes of at least 4 members (excludes halogenated alkanes) is 1. The molecule has 3 saturated heterocycles. The molecule has 0 spiro atoms. The van der Waals surface area contributed by atoms with Crippen molar-refractivity contribution in [3.8, 4) is 0 Å². The van der Waals surface area contributed by atoms with Crippen molar-refractivity contribution in [1.82, 2.24) is 25.1 Å². The van der Waals surface area contributed by atoms with Gasteiger partial charge in [0.05, 0.1) is 34.1 Å². The van der Waals surface area contributed by atoms with Gasteiger partial charge in [0.1, 0.15) is 0 Å². The van der Waals surface area contributed by atoms with Gasteiger partial charge in [-0.05, 0) is 37.8 Å². The van der Waals surface area contributed by atoms with Crippen LogP contribution in [0.15, 0.2) is 29.1 Å². The minimum atomic E-state index is -3.24. The van der Waals surface area contributed by atoms with Gasteiger partial charge in [-0.25, -0.2) is 18.0 Å². The molecule has 3 fully saturated rings. The Morgan fingerprint density at radius 2 is 1.82 bits per heavy atom. The van der Waals surface area contributed by atoms with Gasteiger partial charge in [-0.1, -0.05) is 18.6 Å². The van der Waals surface area contributed by atoms with Crippen molar-refractivity contribution >= 4 is 32.8 Å². The molecule has 0 saturated carbocycles. The molecule has 2 aromatic rings. The third kappa shape index (κ3) is 4.14. The fourth-order valence-electron chi connectivity index (χ4n) is 5.60. The molecule has 1 aromatic carbocycles. The first-order valence-corrected chi connectivity index (χ1v) is 13.3. The molecule has 0 radical (unpaired) electrons. The van der Waals surface area contributed by atoms with Crippen LogP contribution in [0.4, 0.5) is 4.79 Å². The second kappa shape index (κ2) is 8.51. The highest BCUT2D eigenvalue weighted by molar-refractivity contribution is 7.92. The van der Waals surface area contributed by atoms with Crippen LogP contribution in [0, 0.1) is 0 Å². The zero-order chi connectivity index (χ0) is 23.2. The number of imidazole rings is 1. The largest absolute Gasteiger partial charge is 0.343 e. The monoisotopic (exact) mass is 475 g/mol. The number of H-pyrrole nitrogens is 1. The van der Waals surface area contributed by atoms with Crippen molar-refractivity contribution in [3.05, 3.63) is 34.7 Å². The minimum Gasteiger partial charge on any atom is -0.343 e. The number of para-hydroxylation sites is 2. The van der Waals surface area contributed by atoms with Crippen LogP contribution in [0.5, 0.6) is 0 Å². The van der Waals surface area contributed by atoms with Crippen molar-refractivity contribution in [2.75, 3.05) is 18.8 Å². The summed E-state index contributed by atoms with van der Waals surface area (Å²) >= 11 is 0. The summed E-state index contributed by atoms with van der Waals surface area (Å²) in [6.45, 7) is 1.21. The summed E-state index contributed by atoms with van der Waals surface area (Å²) < 4.78 is 26.6. The molecule has 3 amide bonds. The average molecular weight is 476 g/mol. The third-order valence-corrected chi connectivity index (χ3v) is 9.53. The number of amides is 3. The molecule has 3 N–H and O–H groups in total. The number of urea groups is 1. The summed E-state index contributed by atoms with van der Waals surface area (Å²) in [5.74, 6) is 0.0526. The predicted molar refractivity (Wildman–Crippen MR) is 123 cm³/mol. The van der Waals surface area contributed by atoms with Crippen LogP contribution in [-0.2, 0) is 14.6 Å². The molecule has 178 valence electrons. The van der Waals surface area contributed by atoms with Crippen LogP contribution in [-0.4, -0.2) is 71.0 Å². The molecule has 4 heterocycles. The Morgan fingerprint density at radius 3 is 2.61 bits per heavy atom. The Balaban J connectivity index is 1.10. The van der Waals surface area contributed by atoms with Crippen molar-refractivity contribution in [3.63, 3.8) is 0 Å². The molecule has 0 aliphatic carbocycles. The Bertz CT molecular complexity index is 1230. The molecule has 0 bridgehead atoms. The van der Waals surface area contributed by atoms with Gasteiger partial charge in [0.2, 0.25) is 5.91 Å². The number of hydrogen-bond acceptors (Lipinski definition) is 5. The van der Waals surface area contributed by atoms with Gasteiger partial charge in [-0.2, -0.15) is 0 Å². The van der Waals surface area contributed by atoms with Gasteiger partial charge < -0.3 is 20.5 Å². The van der Waals surface area contributed by atoms with Crippen LogP contribution in [0.1, 0.15) is 44.6 Å². The number of aromatic amines is 1. The number of nitrogens with one attached hydrogen (secondary N) is 3. The van der Waals surface area contributed by atoms with E-state index in [1.54, 1.807) is 0 Å². The number of carbonyl (C=O) groups is 2. The average Bonchev–Trinajstić information content (AvgIpc) is 3.37. The Labute approximate surface area is 191 Å². The van der Waals surface area contributed by atoms with Crippen LogP contribution in [0.3, 0.4) is 0 Å². The van der Waals surface area contributed by atoms with E-state index in [2.05, 4.69) is 15.6 Å². The van der Waals surface area contributed by atoms with E-state index in [9.17, 15) is 22.8 Å². The highest BCUT2D eigenvalue weighted by Gasteiger charge is 2.51. The summed E-state index contributed by atoms with van der Waals surface area (Å²) in [6.07, 6.45) is 3.52. The normalized spacial score (nSPS) is 26.8. The summed E-state index contributed by atoms with van der Waals surface area (Å²) in [5.41, 5.74) is 1.60. The van der Waals surface area contributed by atoms with E-state index in [0.29, 0.717) is 38.8 Å². The number of benzene rings is 1. The number of sulfone groups is 1. The first-order valence-electron chi connectivity index (χ1n) is 11.6. The predicted octanol–water partition coefficient (Wildman–Crippen LogP) is 0.901. The fourth-order valence-corrected chi connectivity index (χ4v) is 7.86. The number of hydrogen-bond donors (Lipinski definition) is 3.